The molecule has 25 heavy (non-hydrogen) atoms. The number of hydrogen-bond acceptors (Lipinski definition) is 5. The average molecular weight is 388 g/mol. The van der Waals surface area contributed by atoms with E-state index >= 15 is 0 Å². The van der Waals surface area contributed by atoms with Crippen LogP contribution < -0.4 is 0 Å². The first-order valence-electron chi connectivity index (χ1n) is 7.78. The van der Waals surface area contributed by atoms with Crippen LogP contribution >= 0.6 is 0 Å². The SMILES string of the molecule is O=C(OC(=O)C(F)(F)C(F)(F)S(=O)(=O)O)C12CC3CC(CC(C3)C1)C2. The van der Waals surface area contributed by atoms with Crippen LogP contribution in [0.2, 0.25) is 0 Å². The molecule has 0 unspecified atom stereocenters. The molecule has 4 aliphatic carbocycles. The highest BCUT2D eigenvalue weighted by atomic mass is 32.2. The summed E-state index contributed by atoms with van der Waals surface area (Å²) in [5.74, 6) is -9.58. The van der Waals surface area contributed by atoms with Gasteiger partial charge in [0.2, 0.25) is 0 Å². The minimum atomic E-state index is -6.58. The summed E-state index contributed by atoms with van der Waals surface area (Å²) in [5.41, 5.74) is -1.16. The molecule has 0 aromatic rings. The van der Waals surface area contributed by atoms with Gasteiger partial charge >= 0.3 is 33.2 Å². The highest BCUT2D eigenvalue weighted by Crippen LogP contribution is 2.60. The van der Waals surface area contributed by atoms with Crippen molar-refractivity contribution in [3.05, 3.63) is 0 Å². The molecule has 0 amide bonds. The molecule has 4 rings (SSSR count). The standard InChI is InChI=1S/C14H16F4O6S/c15-13(16,14(17,18)25(21,22)23)11(20)24-10(19)12-4-7-1-8(5-12)3-9(2-7)6-12/h7-9H,1-6H2,(H,21,22,23). The highest BCUT2D eigenvalue weighted by Gasteiger charge is 2.72. The first kappa shape index (κ1) is 18.6. The first-order valence-corrected chi connectivity index (χ1v) is 9.22. The second-order valence-corrected chi connectivity index (χ2v) is 8.90. The minimum Gasteiger partial charge on any atom is -0.388 e. The average Bonchev–Trinajstić information content (AvgIpc) is 2.44. The molecule has 0 radical (unpaired) electrons. The van der Waals surface area contributed by atoms with E-state index < -0.39 is 38.6 Å². The lowest BCUT2D eigenvalue weighted by Crippen LogP contribution is -2.55. The number of carbonyl (C=O) groups is 2. The third kappa shape index (κ3) is 2.75. The molecule has 4 saturated carbocycles. The van der Waals surface area contributed by atoms with Crippen molar-refractivity contribution in [3.8, 4) is 0 Å². The lowest BCUT2D eigenvalue weighted by atomic mass is 9.49. The van der Waals surface area contributed by atoms with Gasteiger partial charge in [-0.3, -0.25) is 9.35 Å². The van der Waals surface area contributed by atoms with Crippen molar-refractivity contribution in [3.63, 3.8) is 0 Å². The van der Waals surface area contributed by atoms with Gasteiger partial charge in [0.15, 0.2) is 0 Å². The molecule has 0 atom stereocenters. The number of carbonyl (C=O) groups excluding carboxylic acids is 2. The number of halogens is 4. The summed E-state index contributed by atoms with van der Waals surface area (Å²) in [5, 5.41) is -6.10. The van der Waals surface area contributed by atoms with Crippen LogP contribution in [0.4, 0.5) is 17.6 Å². The Labute approximate surface area is 140 Å². The van der Waals surface area contributed by atoms with Gasteiger partial charge in [0.05, 0.1) is 5.41 Å². The zero-order valence-electron chi connectivity index (χ0n) is 12.9. The summed E-state index contributed by atoms with van der Waals surface area (Å²) < 4.78 is 86.5. The number of hydrogen-bond donors (Lipinski definition) is 1. The number of rotatable bonds is 4. The molecule has 142 valence electrons. The fourth-order valence-electron chi connectivity index (χ4n) is 4.90. The fraction of sp³-hybridized carbons (Fsp3) is 0.857. The third-order valence-corrected chi connectivity index (χ3v) is 6.51. The summed E-state index contributed by atoms with van der Waals surface area (Å²) in [6, 6.07) is 0. The molecule has 4 fully saturated rings. The van der Waals surface area contributed by atoms with Crippen molar-refractivity contribution in [2.45, 2.75) is 49.7 Å². The maximum atomic E-state index is 13.5. The smallest absolute Gasteiger partial charge is 0.388 e. The van der Waals surface area contributed by atoms with Crippen molar-refractivity contribution in [1.82, 2.24) is 0 Å². The molecule has 0 aromatic heterocycles. The van der Waals surface area contributed by atoms with Crippen LogP contribution in [0.15, 0.2) is 0 Å². The molecular formula is C14H16F4O6S. The Morgan fingerprint density at radius 1 is 0.960 bits per heavy atom. The van der Waals surface area contributed by atoms with Crippen LogP contribution in [0, 0.1) is 23.2 Å². The lowest BCUT2D eigenvalue weighted by molar-refractivity contribution is -0.212. The zero-order chi connectivity index (χ0) is 18.8. The molecule has 4 aliphatic rings. The largest absolute Gasteiger partial charge is 0.443 e. The van der Waals surface area contributed by atoms with E-state index in [9.17, 15) is 35.6 Å². The monoisotopic (exact) mass is 388 g/mol. The molecule has 11 heteroatoms. The van der Waals surface area contributed by atoms with Crippen molar-refractivity contribution >= 4 is 22.1 Å². The summed E-state index contributed by atoms with van der Waals surface area (Å²) in [7, 11) is -6.58. The molecule has 0 aromatic carbocycles. The van der Waals surface area contributed by atoms with Crippen LogP contribution in [-0.4, -0.2) is 36.1 Å². The molecule has 1 N–H and O–H groups in total. The van der Waals surface area contributed by atoms with Gasteiger partial charge in [0.25, 0.3) is 0 Å². The Hall–Kier alpha value is -1.23. The van der Waals surface area contributed by atoms with E-state index in [-0.39, 0.29) is 17.8 Å². The van der Waals surface area contributed by atoms with Crippen LogP contribution in [0.25, 0.3) is 0 Å². The summed E-state index contributed by atoms with van der Waals surface area (Å²) in [6.45, 7) is 0. The first-order chi connectivity index (χ1) is 11.3. The van der Waals surface area contributed by atoms with Crippen LogP contribution in [0.1, 0.15) is 38.5 Å². The van der Waals surface area contributed by atoms with Gasteiger partial charge in [-0.1, -0.05) is 0 Å². The van der Waals surface area contributed by atoms with E-state index in [1.165, 1.54) is 0 Å². The van der Waals surface area contributed by atoms with Crippen molar-refractivity contribution in [2.75, 3.05) is 0 Å². The molecule has 6 nitrogen and oxygen atoms in total. The van der Waals surface area contributed by atoms with E-state index in [2.05, 4.69) is 4.74 Å². The molecule has 0 aliphatic heterocycles. The second kappa shape index (κ2) is 5.38. The van der Waals surface area contributed by atoms with Crippen molar-refractivity contribution < 1.29 is 44.9 Å². The van der Waals surface area contributed by atoms with E-state index in [1.54, 1.807) is 0 Å². The Morgan fingerprint density at radius 3 is 1.72 bits per heavy atom. The lowest BCUT2D eigenvalue weighted by Gasteiger charge is -2.55. The third-order valence-electron chi connectivity index (χ3n) is 5.60. The van der Waals surface area contributed by atoms with Crippen LogP contribution in [-0.2, 0) is 24.4 Å². The van der Waals surface area contributed by atoms with Gasteiger partial charge in [0, 0.05) is 0 Å². The molecule has 4 bridgehead atoms. The van der Waals surface area contributed by atoms with Crippen LogP contribution in [0.5, 0.6) is 0 Å². The van der Waals surface area contributed by atoms with Crippen molar-refractivity contribution in [2.24, 2.45) is 23.2 Å². The summed E-state index contributed by atoms with van der Waals surface area (Å²) in [6.07, 6.45) is 3.72. The van der Waals surface area contributed by atoms with E-state index in [0.29, 0.717) is 19.3 Å². The van der Waals surface area contributed by atoms with Crippen LogP contribution in [0.3, 0.4) is 0 Å². The molecule has 0 spiro atoms. The van der Waals surface area contributed by atoms with Crippen molar-refractivity contribution in [1.29, 1.82) is 0 Å². The number of ether oxygens (including phenoxy) is 1. The van der Waals surface area contributed by atoms with E-state index in [0.717, 1.165) is 19.3 Å². The number of esters is 2. The second-order valence-electron chi connectivity index (χ2n) is 7.44. The topological polar surface area (TPSA) is 97.7 Å². The molecule has 0 saturated heterocycles. The van der Waals surface area contributed by atoms with E-state index in [4.69, 9.17) is 4.55 Å². The molecule has 0 heterocycles. The van der Waals surface area contributed by atoms with Gasteiger partial charge in [-0.15, -0.1) is 0 Å². The summed E-state index contributed by atoms with van der Waals surface area (Å²) in [4.78, 5) is 23.7. The van der Waals surface area contributed by atoms with Gasteiger partial charge < -0.3 is 4.74 Å². The summed E-state index contributed by atoms with van der Waals surface area (Å²) >= 11 is 0. The maximum absolute atomic E-state index is 13.5. The van der Waals surface area contributed by atoms with Gasteiger partial charge in [-0.05, 0) is 56.3 Å². The normalized spacial score (nSPS) is 34.8. The van der Waals surface area contributed by atoms with Gasteiger partial charge in [-0.2, -0.15) is 26.0 Å². The Balaban J connectivity index is 1.78. The quantitative estimate of drug-likeness (QED) is 0.344. The predicted molar refractivity (Wildman–Crippen MR) is 73.1 cm³/mol. The number of alkyl halides is 4. The Kier molecular flexibility index (Phi) is 4.00. The fourth-order valence-corrected chi connectivity index (χ4v) is 5.31. The maximum Gasteiger partial charge on any atom is 0.443 e. The zero-order valence-corrected chi connectivity index (χ0v) is 13.7. The van der Waals surface area contributed by atoms with Gasteiger partial charge in [-0.25, -0.2) is 4.79 Å². The molecular weight excluding hydrogens is 372 g/mol. The Bertz CT molecular complexity index is 682. The minimum absolute atomic E-state index is 0.202. The van der Waals surface area contributed by atoms with E-state index in [1.807, 2.05) is 0 Å². The highest BCUT2D eigenvalue weighted by molar-refractivity contribution is 7.87. The predicted octanol–water partition coefficient (Wildman–Crippen LogP) is 2.39. The Morgan fingerprint density at radius 2 is 1.36 bits per heavy atom. The van der Waals surface area contributed by atoms with Gasteiger partial charge in [0.1, 0.15) is 0 Å².